The van der Waals surface area contributed by atoms with Gasteiger partial charge in [0.25, 0.3) is 5.56 Å². The SMILES string of the molecule is CCOC(=O)c1cccn(Cc2cccc(C(C)C)c2)c1=O. The second kappa shape index (κ2) is 7.07. The molecular weight excluding hydrogens is 278 g/mol. The highest BCUT2D eigenvalue weighted by molar-refractivity contribution is 5.88. The van der Waals surface area contributed by atoms with Crippen LogP contribution >= 0.6 is 0 Å². The van der Waals surface area contributed by atoms with E-state index in [0.29, 0.717) is 12.5 Å². The van der Waals surface area contributed by atoms with Crippen LogP contribution in [0.2, 0.25) is 0 Å². The first kappa shape index (κ1) is 16.0. The topological polar surface area (TPSA) is 48.3 Å². The van der Waals surface area contributed by atoms with Crippen molar-refractivity contribution in [3.63, 3.8) is 0 Å². The number of pyridine rings is 1. The Morgan fingerprint density at radius 1 is 1.23 bits per heavy atom. The summed E-state index contributed by atoms with van der Waals surface area (Å²) in [6, 6.07) is 11.3. The van der Waals surface area contributed by atoms with Crippen LogP contribution in [0.25, 0.3) is 0 Å². The summed E-state index contributed by atoms with van der Waals surface area (Å²) in [7, 11) is 0. The molecule has 116 valence electrons. The molecule has 0 spiro atoms. The molecule has 0 radical (unpaired) electrons. The lowest BCUT2D eigenvalue weighted by molar-refractivity contribution is 0.0523. The molecule has 0 saturated carbocycles. The highest BCUT2D eigenvalue weighted by atomic mass is 16.5. The van der Waals surface area contributed by atoms with Crippen LogP contribution < -0.4 is 5.56 Å². The summed E-state index contributed by atoms with van der Waals surface area (Å²) in [5.74, 6) is -0.139. The number of carbonyl (C=O) groups excluding carboxylic acids is 1. The van der Waals surface area contributed by atoms with Crippen LogP contribution in [0.5, 0.6) is 0 Å². The lowest BCUT2D eigenvalue weighted by Crippen LogP contribution is -2.27. The van der Waals surface area contributed by atoms with Crippen molar-refractivity contribution in [1.29, 1.82) is 0 Å². The first-order valence-electron chi connectivity index (χ1n) is 7.48. The number of ether oxygens (including phenoxy) is 1. The van der Waals surface area contributed by atoms with Crippen LogP contribution in [0.3, 0.4) is 0 Å². The smallest absolute Gasteiger partial charge is 0.343 e. The second-order valence-corrected chi connectivity index (χ2v) is 5.48. The summed E-state index contributed by atoms with van der Waals surface area (Å²) < 4.78 is 6.45. The molecule has 1 aromatic carbocycles. The van der Waals surface area contributed by atoms with E-state index in [4.69, 9.17) is 4.74 Å². The maximum absolute atomic E-state index is 12.4. The number of aromatic nitrogens is 1. The highest BCUT2D eigenvalue weighted by Gasteiger charge is 2.13. The molecule has 0 N–H and O–H groups in total. The van der Waals surface area contributed by atoms with Crippen LogP contribution in [-0.2, 0) is 11.3 Å². The number of benzene rings is 1. The molecule has 0 saturated heterocycles. The van der Waals surface area contributed by atoms with Gasteiger partial charge in [0, 0.05) is 6.20 Å². The molecule has 2 rings (SSSR count). The predicted octanol–water partition coefficient (Wildman–Crippen LogP) is 3.20. The molecule has 2 aromatic rings. The average molecular weight is 299 g/mol. The summed E-state index contributed by atoms with van der Waals surface area (Å²) in [4.78, 5) is 24.1. The first-order valence-corrected chi connectivity index (χ1v) is 7.48. The Hall–Kier alpha value is -2.36. The van der Waals surface area contributed by atoms with Gasteiger partial charge < -0.3 is 9.30 Å². The van der Waals surface area contributed by atoms with E-state index in [1.807, 2.05) is 12.1 Å². The fraction of sp³-hybridized carbons (Fsp3) is 0.333. The van der Waals surface area contributed by atoms with Crippen molar-refractivity contribution >= 4 is 5.97 Å². The lowest BCUT2D eigenvalue weighted by atomic mass is 10.0. The summed E-state index contributed by atoms with van der Waals surface area (Å²) in [6.07, 6.45) is 1.69. The van der Waals surface area contributed by atoms with Crippen LogP contribution in [0.1, 0.15) is 48.2 Å². The Kier molecular flexibility index (Phi) is 5.15. The van der Waals surface area contributed by atoms with E-state index < -0.39 is 5.97 Å². The number of hydrogen-bond acceptors (Lipinski definition) is 3. The fourth-order valence-corrected chi connectivity index (χ4v) is 2.27. The van der Waals surface area contributed by atoms with Crippen LogP contribution in [0.4, 0.5) is 0 Å². The summed E-state index contributed by atoms with van der Waals surface area (Å²) in [5.41, 5.74) is 2.02. The monoisotopic (exact) mass is 299 g/mol. The third kappa shape index (κ3) is 3.64. The van der Waals surface area contributed by atoms with Crippen molar-refractivity contribution in [2.75, 3.05) is 6.61 Å². The zero-order valence-electron chi connectivity index (χ0n) is 13.2. The zero-order valence-corrected chi connectivity index (χ0v) is 13.2. The van der Waals surface area contributed by atoms with Gasteiger partial charge in [-0.3, -0.25) is 4.79 Å². The van der Waals surface area contributed by atoms with Gasteiger partial charge in [-0.2, -0.15) is 0 Å². The van der Waals surface area contributed by atoms with Gasteiger partial charge in [0.2, 0.25) is 0 Å². The van der Waals surface area contributed by atoms with Crippen LogP contribution in [0, 0.1) is 0 Å². The first-order chi connectivity index (χ1) is 10.5. The van der Waals surface area contributed by atoms with Crippen LogP contribution in [0.15, 0.2) is 47.4 Å². The van der Waals surface area contributed by atoms with Gasteiger partial charge in [0.05, 0.1) is 13.2 Å². The van der Waals surface area contributed by atoms with Gasteiger partial charge in [-0.1, -0.05) is 38.1 Å². The molecular formula is C18H21NO3. The van der Waals surface area contributed by atoms with E-state index in [9.17, 15) is 9.59 Å². The molecule has 0 atom stereocenters. The highest BCUT2D eigenvalue weighted by Crippen LogP contribution is 2.16. The molecule has 4 nitrogen and oxygen atoms in total. The normalized spacial score (nSPS) is 10.7. The fourth-order valence-electron chi connectivity index (χ4n) is 2.27. The van der Waals surface area contributed by atoms with Crippen molar-refractivity contribution in [3.05, 3.63) is 69.6 Å². The average Bonchev–Trinajstić information content (AvgIpc) is 2.50. The number of carbonyl (C=O) groups is 1. The van der Waals surface area contributed by atoms with Crippen molar-refractivity contribution in [1.82, 2.24) is 4.57 Å². The molecule has 1 aromatic heterocycles. The lowest BCUT2D eigenvalue weighted by Gasteiger charge is -2.10. The third-order valence-corrected chi connectivity index (χ3v) is 3.49. The molecule has 1 heterocycles. The Balaban J connectivity index is 2.31. The van der Waals surface area contributed by atoms with Crippen molar-refractivity contribution in [2.24, 2.45) is 0 Å². The quantitative estimate of drug-likeness (QED) is 0.797. The molecule has 0 aliphatic rings. The molecule has 22 heavy (non-hydrogen) atoms. The predicted molar refractivity (Wildman–Crippen MR) is 86.3 cm³/mol. The number of hydrogen-bond donors (Lipinski definition) is 0. The van der Waals surface area contributed by atoms with Crippen molar-refractivity contribution in [3.8, 4) is 0 Å². The minimum absolute atomic E-state index is 0.0735. The minimum atomic E-state index is -0.571. The number of rotatable bonds is 5. The Labute approximate surface area is 130 Å². The molecule has 0 unspecified atom stereocenters. The number of nitrogens with zero attached hydrogens (tertiary/aromatic N) is 1. The molecule has 0 aliphatic heterocycles. The van der Waals surface area contributed by atoms with E-state index in [1.54, 1.807) is 19.2 Å². The Morgan fingerprint density at radius 2 is 2.00 bits per heavy atom. The van der Waals surface area contributed by atoms with Crippen molar-refractivity contribution < 1.29 is 9.53 Å². The maximum Gasteiger partial charge on any atom is 0.343 e. The molecule has 4 heteroatoms. The van der Waals surface area contributed by atoms with Crippen molar-refractivity contribution in [2.45, 2.75) is 33.2 Å². The maximum atomic E-state index is 12.4. The minimum Gasteiger partial charge on any atom is -0.462 e. The van der Waals surface area contributed by atoms with Gasteiger partial charge in [-0.25, -0.2) is 4.79 Å². The summed E-state index contributed by atoms with van der Waals surface area (Å²) >= 11 is 0. The largest absolute Gasteiger partial charge is 0.462 e. The standard InChI is InChI=1S/C18H21NO3/c1-4-22-18(21)16-9-6-10-19(17(16)20)12-14-7-5-8-15(11-14)13(2)3/h5-11,13H,4,12H2,1-3H3. The van der Waals surface area contributed by atoms with E-state index in [1.165, 1.54) is 16.2 Å². The third-order valence-electron chi connectivity index (χ3n) is 3.49. The summed E-state index contributed by atoms with van der Waals surface area (Å²) in [5, 5.41) is 0. The van der Waals surface area contributed by atoms with E-state index in [2.05, 4.69) is 26.0 Å². The van der Waals surface area contributed by atoms with Gasteiger partial charge >= 0.3 is 5.97 Å². The van der Waals surface area contributed by atoms with Gasteiger partial charge in [0.15, 0.2) is 0 Å². The van der Waals surface area contributed by atoms with Crippen LogP contribution in [-0.4, -0.2) is 17.1 Å². The number of esters is 1. The summed E-state index contributed by atoms with van der Waals surface area (Å²) in [6.45, 7) is 6.67. The Morgan fingerprint density at radius 3 is 2.68 bits per heavy atom. The van der Waals surface area contributed by atoms with E-state index >= 15 is 0 Å². The van der Waals surface area contributed by atoms with Gasteiger partial charge in [-0.05, 0) is 36.1 Å². The molecule has 0 bridgehead atoms. The van der Waals surface area contributed by atoms with E-state index in [0.717, 1.165) is 5.56 Å². The molecule has 0 fully saturated rings. The molecule has 0 aliphatic carbocycles. The van der Waals surface area contributed by atoms with E-state index in [-0.39, 0.29) is 17.7 Å². The second-order valence-electron chi connectivity index (χ2n) is 5.48. The van der Waals surface area contributed by atoms with Gasteiger partial charge in [-0.15, -0.1) is 0 Å². The zero-order chi connectivity index (χ0) is 16.1. The Bertz CT molecular complexity index is 716. The van der Waals surface area contributed by atoms with Gasteiger partial charge in [0.1, 0.15) is 5.56 Å². The molecule has 0 amide bonds.